The molecular weight excluding hydrogens is 402 g/mol. The number of nitrogens with zero attached hydrogens (tertiary/aromatic N) is 2. The monoisotopic (exact) mass is 423 g/mol. The minimum absolute atomic E-state index is 0.0224. The van der Waals surface area contributed by atoms with Crippen LogP contribution in [0.3, 0.4) is 0 Å². The van der Waals surface area contributed by atoms with E-state index in [9.17, 15) is 9.59 Å². The van der Waals surface area contributed by atoms with E-state index in [2.05, 4.69) is 15.5 Å². The number of carboxylic acids is 1. The molecule has 0 saturated heterocycles. The molecule has 0 bridgehead atoms. The number of oxime groups is 1. The summed E-state index contributed by atoms with van der Waals surface area (Å²) in [4.78, 5) is 28.5. The second kappa shape index (κ2) is 8.87. The standard InChI is InChI=1S/C22H21N3O4S/c1-22(2,17(14-9-5-3-6-10-14)15-11-7-4-8-12-15)20(28)24-21-23-16(13-30-21)18(25-29)19(26)27/h3-13,17,29H,1-2H3,(H,26,27)(H,23,24,28). The molecule has 0 aliphatic rings. The lowest BCUT2D eigenvalue weighted by molar-refractivity contribution is -0.129. The van der Waals surface area contributed by atoms with Gasteiger partial charge in [-0.15, -0.1) is 11.3 Å². The molecule has 1 amide bonds. The van der Waals surface area contributed by atoms with Gasteiger partial charge in [-0.1, -0.05) is 79.7 Å². The summed E-state index contributed by atoms with van der Waals surface area (Å²) < 4.78 is 0. The van der Waals surface area contributed by atoms with Crippen molar-refractivity contribution in [1.29, 1.82) is 0 Å². The minimum Gasteiger partial charge on any atom is -0.476 e. The highest BCUT2D eigenvalue weighted by molar-refractivity contribution is 7.14. The van der Waals surface area contributed by atoms with E-state index in [-0.39, 0.29) is 22.7 Å². The number of carbonyl (C=O) groups is 2. The van der Waals surface area contributed by atoms with E-state index < -0.39 is 17.1 Å². The van der Waals surface area contributed by atoms with Gasteiger partial charge < -0.3 is 15.6 Å². The fourth-order valence-electron chi connectivity index (χ4n) is 3.35. The summed E-state index contributed by atoms with van der Waals surface area (Å²) in [6, 6.07) is 19.6. The average molecular weight is 423 g/mol. The molecule has 0 fully saturated rings. The Labute approximate surface area is 177 Å². The Balaban J connectivity index is 1.91. The Hall–Kier alpha value is -3.52. The van der Waals surface area contributed by atoms with Crippen molar-refractivity contribution >= 4 is 34.1 Å². The highest BCUT2D eigenvalue weighted by Crippen LogP contribution is 2.41. The third-order valence-corrected chi connectivity index (χ3v) is 5.60. The maximum Gasteiger partial charge on any atom is 0.360 e. The van der Waals surface area contributed by atoms with Crippen LogP contribution in [0.4, 0.5) is 5.13 Å². The molecule has 0 atom stereocenters. The van der Waals surface area contributed by atoms with Gasteiger partial charge in [-0.3, -0.25) is 4.79 Å². The van der Waals surface area contributed by atoms with Crippen molar-refractivity contribution in [3.63, 3.8) is 0 Å². The summed E-state index contributed by atoms with van der Waals surface area (Å²) in [5.74, 6) is -1.89. The van der Waals surface area contributed by atoms with Gasteiger partial charge in [0.05, 0.1) is 5.41 Å². The predicted molar refractivity (Wildman–Crippen MR) is 115 cm³/mol. The zero-order valence-corrected chi connectivity index (χ0v) is 17.3. The molecule has 0 spiro atoms. The fraction of sp³-hybridized carbons (Fsp3) is 0.182. The number of carbonyl (C=O) groups excluding carboxylic acids is 1. The summed E-state index contributed by atoms with van der Waals surface area (Å²) in [5, 5.41) is 25.1. The second-order valence-corrected chi connectivity index (χ2v) is 8.08. The van der Waals surface area contributed by atoms with Gasteiger partial charge in [0.2, 0.25) is 11.6 Å². The van der Waals surface area contributed by atoms with Crippen molar-refractivity contribution in [3.8, 4) is 0 Å². The molecule has 2 aromatic carbocycles. The Morgan fingerprint density at radius 2 is 1.57 bits per heavy atom. The molecule has 0 saturated carbocycles. The summed E-state index contributed by atoms with van der Waals surface area (Å²) in [7, 11) is 0. The smallest absolute Gasteiger partial charge is 0.360 e. The van der Waals surface area contributed by atoms with Gasteiger partial charge in [0, 0.05) is 11.3 Å². The number of benzene rings is 2. The molecule has 1 heterocycles. The van der Waals surface area contributed by atoms with Crippen LogP contribution in [-0.4, -0.2) is 32.9 Å². The molecule has 8 heteroatoms. The molecule has 0 unspecified atom stereocenters. The number of amides is 1. The van der Waals surface area contributed by atoms with E-state index in [1.54, 1.807) is 0 Å². The van der Waals surface area contributed by atoms with Crippen LogP contribution in [0.15, 0.2) is 71.2 Å². The quantitative estimate of drug-likeness (QED) is 0.299. The van der Waals surface area contributed by atoms with E-state index in [1.165, 1.54) is 5.38 Å². The van der Waals surface area contributed by atoms with Crippen molar-refractivity contribution < 1.29 is 19.9 Å². The van der Waals surface area contributed by atoms with Crippen molar-refractivity contribution in [2.24, 2.45) is 10.6 Å². The lowest BCUT2D eigenvalue weighted by atomic mass is 9.70. The number of nitrogens with one attached hydrogen (secondary N) is 1. The number of anilines is 1. The van der Waals surface area contributed by atoms with E-state index in [0.717, 1.165) is 22.5 Å². The van der Waals surface area contributed by atoms with Crippen LogP contribution in [-0.2, 0) is 9.59 Å². The van der Waals surface area contributed by atoms with Gasteiger partial charge in [0.1, 0.15) is 5.69 Å². The van der Waals surface area contributed by atoms with E-state index >= 15 is 0 Å². The third kappa shape index (κ3) is 4.38. The summed E-state index contributed by atoms with van der Waals surface area (Å²) >= 11 is 1.06. The van der Waals surface area contributed by atoms with Crippen molar-refractivity contribution in [1.82, 2.24) is 4.98 Å². The van der Waals surface area contributed by atoms with Crippen LogP contribution in [0.1, 0.15) is 36.6 Å². The largest absolute Gasteiger partial charge is 0.476 e. The van der Waals surface area contributed by atoms with Crippen molar-refractivity contribution in [3.05, 3.63) is 82.9 Å². The first-order chi connectivity index (χ1) is 14.3. The van der Waals surface area contributed by atoms with Gasteiger partial charge in [-0.2, -0.15) is 0 Å². The SMILES string of the molecule is CC(C)(C(=O)Nc1nc(C(=NO)C(=O)O)cs1)C(c1ccccc1)c1ccccc1. The van der Waals surface area contributed by atoms with Gasteiger partial charge >= 0.3 is 5.97 Å². The van der Waals surface area contributed by atoms with E-state index in [4.69, 9.17) is 10.3 Å². The van der Waals surface area contributed by atoms with Crippen LogP contribution in [0.5, 0.6) is 0 Å². The van der Waals surface area contributed by atoms with Crippen LogP contribution in [0, 0.1) is 5.41 Å². The predicted octanol–water partition coefficient (Wildman–Crippen LogP) is 4.20. The zero-order valence-electron chi connectivity index (χ0n) is 16.4. The molecule has 0 radical (unpaired) electrons. The summed E-state index contributed by atoms with van der Waals surface area (Å²) in [6.07, 6.45) is 0. The normalized spacial score (nSPS) is 12.0. The average Bonchev–Trinajstić information content (AvgIpc) is 3.17. The van der Waals surface area contributed by atoms with Crippen molar-refractivity contribution in [2.75, 3.05) is 5.32 Å². The molecule has 3 aromatic rings. The molecule has 0 aliphatic heterocycles. The summed E-state index contributed by atoms with van der Waals surface area (Å²) in [5.41, 5.74) is 0.548. The zero-order chi connectivity index (χ0) is 21.7. The first kappa shape index (κ1) is 21.2. The number of rotatable bonds is 7. The van der Waals surface area contributed by atoms with Crippen LogP contribution in [0.25, 0.3) is 0 Å². The molecule has 3 N–H and O–H groups in total. The lowest BCUT2D eigenvalue weighted by Crippen LogP contribution is -2.37. The van der Waals surface area contributed by atoms with Gasteiger partial charge in [0.25, 0.3) is 0 Å². The first-order valence-corrected chi connectivity index (χ1v) is 10.0. The molecule has 30 heavy (non-hydrogen) atoms. The van der Waals surface area contributed by atoms with Gasteiger partial charge in [-0.25, -0.2) is 9.78 Å². The van der Waals surface area contributed by atoms with Crippen molar-refractivity contribution in [2.45, 2.75) is 19.8 Å². The second-order valence-electron chi connectivity index (χ2n) is 7.22. The van der Waals surface area contributed by atoms with Crippen LogP contribution >= 0.6 is 11.3 Å². The van der Waals surface area contributed by atoms with Crippen LogP contribution in [0.2, 0.25) is 0 Å². The molecule has 7 nitrogen and oxygen atoms in total. The highest BCUT2D eigenvalue weighted by atomic mass is 32.1. The highest BCUT2D eigenvalue weighted by Gasteiger charge is 2.39. The Bertz CT molecular complexity index is 1020. The number of carboxylic acid groups (broad SMARTS) is 1. The number of aliphatic carboxylic acids is 1. The first-order valence-electron chi connectivity index (χ1n) is 9.17. The molecule has 3 rings (SSSR count). The molecule has 1 aromatic heterocycles. The minimum atomic E-state index is -1.41. The van der Waals surface area contributed by atoms with Crippen LogP contribution < -0.4 is 5.32 Å². The maximum absolute atomic E-state index is 13.3. The Morgan fingerprint density at radius 1 is 1.03 bits per heavy atom. The van der Waals surface area contributed by atoms with E-state index in [0.29, 0.717) is 0 Å². The fourth-order valence-corrected chi connectivity index (χ4v) is 4.04. The number of thiazole rings is 1. The maximum atomic E-state index is 13.3. The number of aromatic nitrogens is 1. The molecule has 0 aliphatic carbocycles. The third-order valence-electron chi connectivity index (χ3n) is 4.84. The topological polar surface area (TPSA) is 112 Å². The van der Waals surface area contributed by atoms with Gasteiger partial charge in [0.15, 0.2) is 5.13 Å². The number of hydrogen-bond acceptors (Lipinski definition) is 6. The Kier molecular flexibility index (Phi) is 6.27. The lowest BCUT2D eigenvalue weighted by Gasteiger charge is -2.33. The number of hydrogen-bond donors (Lipinski definition) is 3. The Morgan fingerprint density at radius 3 is 2.03 bits per heavy atom. The molecular formula is C22H21N3O4S. The summed E-state index contributed by atoms with van der Waals surface area (Å²) in [6.45, 7) is 3.72. The molecule has 154 valence electrons. The van der Waals surface area contributed by atoms with E-state index in [1.807, 2.05) is 74.5 Å². The van der Waals surface area contributed by atoms with Gasteiger partial charge in [-0.05, 0) is 11.1 Å².